The minimum atomic E-state index is -3.36. The van der Waals surface area contributed by atoms with Crippen molar-refractivity contribution in [3.05, 3.63) is 29.8 Å². The molecular weight excluding hydrogens is 264 g/mol. The summed E-state index contributed by atoms with van der Waals surface area (Å²) in [6, 6.07) is 6.49. The largest absolute Gasteiger partial charge is 0.395 e. The lowest BCUT2D eigenvalue weighted by atomic mass is 10.2. The molecule has 98 valence electrons. The first kappa shape index (κ1) is 15.0. The highest BCUT2D eigenvalue weighted by atomic mass is 32.2. The van der Waals surface area contributed by atoms with E-state index in [4.69, 9.17) is 5.11 Å². The number of aliphatic hydroxyl groups is 1. The van der Waals surface area contributed by atoms with E-state index in [0.717, 1.165) is 5.56 Å². The normalized spacial score (nSPS) is 11.8. The molecular formula is C13H18O3SSi. The van der Waals surface area contributed by atoms with Gasteiger partial charge in [0.2, 0.25) is 0 Å². The molecule has 1 aromatic rings. The maximum atomic E-state index is 11.7. The van der Waals surface area contributed by atoms with Crippen LogP contribution in [0, 0.1) is 11.5 Å². The molecule has 0 amide bonds. The SMILES string of the molecule is C[Si](C)(C)C#Cc1ccc(S(=O)(=O)CCO)cc1. The maximum Gasteiger partial charge on any atom is 0.180 e. The number of benzene rings is 1. The van der Waals surface area contributed by atoms with Crippen molar-refractivity contribution in [1.29, 1.82) is 0 Å². The predicted octanol–water partition coefficient (Wildman–Crippen LogP) is 1.68. The summed E-state index contributed by atoms with van der Waals surface area (Å²) in [5, 5.41) is 8.69. The van der Waals surface area contributed by atoms with Crippen molar-refractivity contribution < 1.29 is 13.5 Å². The zero-order valence-electron chi connectivity index (χ0n) is 10.9. The van der Waals surface area contributed by atoms with Crippen molar-refractivity contribution in [3.8, 4) is 11.5 Å². The van der Waals surface area contributed by atoms with E-state index in [2.05, 4.69) is 31.1 Å². The van der Waals surface area contributed by atoms with Crippen molar-refractivity contribution in [1.82, 2.24) is 0 Å². The smallest absolute Gasteiger partial charge is 0.180 e. The molecule has 0 aliphatic heterocycles. The zero-order chi connectivity index (χ0) is 13.8. The minimum Gasteiger partial charge on any atom is -0.395 e. The Morgan fingerprint density at radius 1 is 1.17 bits per heavy atom. The topological polar surface area (TPSA) is 54.4 Å². The van der Waals surface area contributed by atoms with Crippen LogP contribution in [0.5, 0.6) is 0 Å². The molecule has 1 N–H and O–H groups in total. The highest BCUT2D eigenvalue weighted by Crippen LogP contribution is 2.12. The van der Waals surface area contributed by atoms with Crippen LogP contribution >= 0.6 is 0 Å². The molecule has 1 rings (SSSR count). The van der Waals surface area contributed by atoms with Crippen molar-refractivity contribution in [2.24, 2.45) is 0 Å². The fourth-order valence-electron chi connectivity index (χ4n) is 1.24. The van der Waals surface area contributed by atoms with Crippen molar-refractivity contribution in [2.75, 3.05) is 12.4 Å². The van der Waals surface area contributed by atoms with Crippen molar-refractivity contribution in [2.45, 2.75) is 24.5 Å². The summed E-state index contributed by atoms with van der Waals surface area (Å²) in [4.78, 5) is 0.232. The van der Waals surface area contributed by atoms with E-state index in [1.807, 2.05) is 0 Å². The minimum absolute atomic E-state index is 0.232. The summed E-state index contributed by atoms with van der Waals surface area (Å²) in [5.74, 6) is 2.82. The van der Waals surface area contributed by atoms with E-state index in [1.165, 1.54) is 0 Å². The quantitative estimate of drug-likeness (QED) is 0.678. The van der Waals surface area contributed by atoms with Gasteiger partial charge in [0.05, 0.1) is 17.3 Å². The molecule has 0 aliphatic carbocycles. The van der Waals surface area contributed by atoms with Gasteiger partial charge in [-0.05, 0) is 24.3 Å². The summed E-state index contributed by atoms with van der Waals surface area (Å²) in [5.41, 5.74) is 4.04. The summed E-state index contributed by atoms with van der Waals surface area (Å²) < 4.78 is 23.3. The van der Waals surface area contributed by atoms with Crippen LogP contribution in [0.25, 0.3) is 0 Å². The van der Waals surface area contributed by atoms with Crippen LogP contribution in [0.1, 0.15) is 5.56 Å². The average Bonchev–Trinajstić information content (AvgIpc) is 2.26. The van der Waals surface area contributed by atoms with Gasteiger partial charge in [0, 0.05) is 5.56 Å². The van der Waals surface area contributed by atoms with Crippen LogP contribution in [0.15, 0.2) is 29.2 Å². The summed E-state index contributed by atoms with van der Waals surface area (Å²) in [7, 11) is -4.78. The first-order valence-electron chi connectivity index (χ1n) is 5.71. The molecule has 0 saturated heterocycles. The monoisotopic (exact) mass is 282 g/mol. The second-order valence-corrected chi connectivity index (χ2v) is 11.9. The molecule has 0 aromatic heterocycles. The van der Waals surface area contributed by atoms with Crippen LogP contribution < -0.4 is 0 Å². The van der Waals surface area contributed by atoms with E-state index in [9.17, 15) is 8.42 Å². The summed E-state index contributed by atoms with van der Waals surface area (Å²) in [6.45, 7) is 6.10. The van der Waals surface area contributed by atoms with Crippen molar-refractivity contribution >= 4 is 17.9 Å². The lowest BCUT2D eigenvalue weighted by molar-refractivity contribution is 0.319. The molecule has 18 heavy (non-hydrogen) atoms. The first-order chi connectivity index (χ1) is 8.24. The van der Waals surface area contributed by atoms with E-state index >= 15 is 0 Å². The van der Waals surface area contributed by atoms with Gasteiger partial charge in [0.25, 0.3) is 0 Å². The predicted molar refractivity (Wildman–Crippen MR) is 75.8 cm³/mol. The molecule has 0 aliphatic rings. The standard InChI is InChI=1S/C13H18O3SSi/c1-18(2,3)11-8-12-4-6-13(7-5-12)17(15,16)10-9-14/h4-7,14H,9-10H2,1-3H3. The van der Waals surface area contributed by atoms with E-state index in [0.29, 0.717) is 0 Å². The molecule has 0 unspecified atom stereocenters. The first-order valence-corrected chi connectivity index (χ1v) is 10.9. The van der Waals surface area contributed by atoms with Gasteiger partial charge in [-0.25, -0.2) is 8.42 Å². The molecule has 0 saturated carbocycles. The van der Waals surface area contributed by atoms with Gasteiger partial charge in [0.1, 0.15) is 8.07 Å². The number of hydrogen-bond donors (Lipinski definition) is 1. The van der Waals surface area contributed by atoms with Gasteiger partial charge in [-0.1, -0.05) is 25.6 Å². The Morgan fingerprint density at radius 3 is 2.17 bits per heavy atom. The van der Waals surface area contributed by atoms with Gasteiger partial charge in [-0.15, -0.1) is 5.54 Å². The van der Waals surface area contributed by atoms with Crippen LogP contribution in [0.4, 0.5) is 0 Å². The Balaban J connectivity index is 2.97. The third-order valence-electron chi connectivity index (χ3n) is 2.16. The highest BCUT2D eigenvalue weighted by molar-refractivity contribution is 7.91. The van der Waals surface area contributed by atoms with Crippen LogP contribution in [-0.4, -0.2) is 34.0 Å². The van der Waals surface area contributed by atoms with E-state index < -0.39 is 17.9 Å². The van der Waals surface area contributed by atoms with Crippen LogP contribution in [0.2, 0.25) is 19.6 Å². The Labute approximate surface area is 110 Å². The van der Waals surface area contributed by atoms with Crippen LogP contribution in [0.3, 0.4) is 0 Å². The fraction of sp³-hybridized carbons (Fsp3) is 0.385. The van der Waals surface area contributed by atoms with Gasteiger partial charge >= 0.3 is 0 Å². The van der Waals surface area contributed by atoms with Crippen LogP contribution in [-0.2, 0) is 9.84 Å². The van der Waals surface area contributed by atoms with Gasteiger partial charge in [0.15, 0.2) is 9.84 Å². The molecule has 3 nitrogen and oxygen atoms in total. The Morgan fingerprint density at radius 2 is 1.72 bits per heavy atom. The molecule has 0 radical (unpaired) electrons. The summed E-state index contributed by atoms with van der Waals surface area (Å²) in [6.07, 6.45) is 0. The zero-order valence-corrected chi connectivity index (χ0v) is 12.7. The molecule has 0 fully saturated rings. The second-order valence-electron chi connectivity index (χ2n) is 5.07. The average molecular weight is 282 g/mol. The number of rotatable bonds is 3. The Kier molecular flexibility index (Phi) is 4.74. The lowest BCUT2D eigenvalue weighted by Crippen LogP contribution is -2.16. The molecule has 0 bridgehead atoms. The molecule has 0 atom stereocenters. The van der Waals surface area contributed by atoms with Crippen molar-refractivity contribution in [3.63, 3.8) is 0 Å². The van der Waals surface area contributed by atoms with Gasteiger partial charge in [-0.3, -0.25) is 0 Å². The fourth-order valence-corrected chi connectivity index (χ4v) is 2.79. The highest BCUT2D eigenvalue weighted by Gasteiger charge is 2.13. The van der Waals surface area contributed by atoms with E-state index in [1.54, 1.807) is 24.3 Å². The molecule has 0 heterocycles. The molecule has 0 spiro atoms. The number of hydrogen-bond acceptors (Lipinski definition) is 3. The lowest BCUT2D eigenvalue weighted by Gasteiger charge is -2.04. The number of aliphatic hydroxyl groups excluding tert-OH is 1. The second kappa shape index (κ2) is 5.70. The van der Waals surface area contributed by atoms with Gasteiger partial charge in [-0.2, -0.15) is 0 Å². The summed E-state index contributed by atoms with van der Waals surface area (Å²) >= 11 is 0. The Hall–Kier alpha value is -1.09. The molecule has 5 heteroatoms. The van der Waals surface area contributed by atoms with E-state index in [-0.39, 0.29) is 17.3 Å². The molecule has 1 aromatic carbocycles. The third kappa shape index (κ3) is 4.65. The van der Waals surface area contributed by atoms with Gasteiger partial charge < -0.3 is 5.11 Å². The third-order valence-corrected chi connectivity index (χ3v) is 4.74. The Bertz CT molecular complexity index is 557. The number of sulfone groups is 1. The maximum absolute atomic E-state index is 11.7.